The van der Waals surface area contributed by atoms with Crippen LogP contribution in [0.1, 0.15) is 36.3 Å². The molecule has 9 nitrogen and oxygen atoms in total. The molecule has 4 aliphatic rings. The zero-order valence-electron chi connectivity index (χ0n) is 26.2. The van der Waals surface area contributed by atoms with Crippen LogP contribution in [0.2, 0.25) is 5.02 Å². The highest BCUT2D eigenvalue weighted by Gasteiger charge is 2.70. The number of nitrogens with zero attached hydrogens (tertiary/aromatic N) is 2. The Hall–Kier alpha value is -5.28. The lowest BCUT2D eigenvalue weighted by molar-refractivity contribution is -0.142. The summed E-state index contributed by atoms with van der Waals surface area (Å²) in [6, 6.07) is 26.6. The van der Waals surface area contributed by atoms with E-state index in [0.717, 1.165) is 10.3 Å². The van der Waals surface area contributed by atoms with E-state index >= 15 is 4.79 Å². The van der Waals surface area contributed by atoms with Crippen LogP contribution in [-0.4, -0.2) is 51.3 Å². The lowest BCUT2D eigenvalue weighted by Gasteiger charge is -2.51. The molecule has 2 N–H and O–H groups in total. The molecule has 3 fully saturated rings. The third-order valence-corrected chi connectivity index (χ3v) is 11.3. The van der Waals surface area contributed by atoms with E-state index in [4.69, 9.17) is 11.6 Å². The summed E-state index contributed by atoms with van der Waals surface area (Å²) >= 11 is 6.38. The van der Waals surface area contributed by atoms with Gasteiger partial charge >= 0.3 is 5.97 Å². The normalized spacial score (nSPS) is 27.6. The fraction of sp³-hybridized carbons (Fsp3) is 0.256. The quantitative estimate of drug-likeness (QED) is 0.194. The van der Waals surface area contributed by atoms with Gasteiger partial charge in [-0.15, -0.1) is 0 Å². The Labute approximate surface area is 286 Å². The number of carbonyl (C=O) groups excluding carboxylic acids is 4. The Balaban J connectivity index is 1.41. The number of benzene rings is 4. The van der Waals surface area contributed by atoms with Crippen molar-refractivity contribution in [1.29, 1.82) is 0 Å². The first-order valence-corrected chi connectivity index (χ1v) is 16.7. The Bertz CT molecular complexity index is 2130. The standard InChI is InChI=1S/C39H31ClN2O7/c40-23-10-6-11-24(19-23)42-36(47)29-20-28-26(14-15-27-32(28)37(48)41(35(27)46)18-17-31(44)45)34(39(29,38(42)49)22-8-2-1-3-9-22)33-25-12-5-4-7-21(25)13-16-30(33)43/h1-14,16,19,27-29,32,34,43H,15,17-18,20H2,(H,44,45). The van der Waals surface area contributed by atoms with Crippen LogP contribution in [0.25, 0.3) is 10.8 Å². The summed E-state index contributed by atoms with van der Waals surface area (Å²) in [6.07, 6.45) is 1.83. The van der Waals surface area contributed by atoms with Gasteiger partial charge in [0.2, 0.25) is 23.6 Å². The number of likely N-dealkylation sites (tertiary alicyclic amines) is 1. The molecule has 2 heterocycles. The van der Waals surface area contributed by atoms with Crippen LogP contribution in [0, 0.1) is 23.7 Å². The second kappa shape index (κ2) is 11.4. The molecule has 6 unspecified atom stereocenters. The molecule has 49 heavy (non-hydrogen) atoms. The van der Waals surface area contributed by atoms with Crippen molar-refractivity contribution in [3.63, 3.8) is 0 Å². The molecule has 10 heteroatoms. The summed E-state index contributed by atoms with van der Waals surface area (Å²) in [5.41, 5.74) is 0.554. The van der Waals surface area contributed by atoms with E-state index in [9.17, 15) is 29.4 Å². The molecule has 4 aromatic carbocycles. The van der Waals surface area contributed by atoms with Crippen LogP contribution in [0.4, 0.5) is 5.69 Å². The largest absolute Gasteiger partial charge is 0.508 e. The Morgan fingerprint density at radius 2 is 1.61 bits per heavy atom. The average molecular weight is 675 g/mol. The van der Waals surface area contributed by atoms with E-state index in [0.29, 0.717) is 32.8 Å². The van der Waals surface area contributed by atoms with Gasteiger partial charge in [0, 0.05) is 23.0 Å². The smallest absolute Gasteiger partial charge is 0.305 e. The molecule has 2 aliphatic heterocycles. The van der Waals surface area contributed by atoms with Crippen molar-refractivity contribution in [3.05, 3.63) is 119 Å². The summed E-state index contributed by atoms with van der Waals surface area (Å²) in [5.74, 6) is -7.09. The highest BCUT2D eigenvalue weighted by atomic mass is 35.5. The lowest BCUT2D eigenvalue weighted by Crippen LogP contribution is -2.53. The summed E-state index contributed by atoms with van der Waals surface area (Å²) < 4.78 is 0. The van der Waals surface area contributed by atoms with Crippen LogP contribution in [0.3, 0.4) is 0 Å². The predicted molar refractivity (Wildman–Crippen MR) is 181 cm³/mol. The molecule has 0 bridgehead atoms. The van der Waals surface area contributed by atoms with Crippen molar-refractivity contribution in [2.45, 2.75) is 30.6 Å². The minimum absolute atomic E-state index is 0.0557. The van der Waals surface area contributed by atoms with Crippen LogP contribution >= 0.6 is 11.6 Å². The van der Waals surface area contributed by atoms with Crippen molar-refractivity contribution < 1.29 is 34.2 Å². The zero-order chi connectivity index (χ0) is 34.2. The fourth-order valence-electron chi connectivity index (χ4n) is 9.14. The van der Waals surface area contributed by atoms with Crippen LogP contribution in [0.5, 0.6) is 5.75 Å². The van der Waals surface area contributed by atoms with E-state index in [1.165, 1.54) is 4.90 Å². The van der Waals surface area contributed by atoms with Gasteiger partial charge in [-0.05, 0) is 59.4 Å². The summed E-state index contributed by atoms with van der Waals surface area (Å²) in [5, 5.41) is 23.0. The first-order chi connectivity index (χ1) is 23.6. The Morgan fingerprint density at radius 1 is 0.857 bits per heavy atom. The second-order valence-corrected chi connectivity index (χ2v) is 13.7. The monoisotopic (exact) mass is 674 g/mol. The number of fused-ring (bicyclic) bond motifs is 5. The van der Waals surface area contributed by atoms with Crippen LogP contribution in [-0.2, 0) is 29.4 Å². The average Bonchev–Trinajstić information content (AvgIpc) is 3.48. The third-order valence-electron chi connectivity index (χ3n) is 11.0. The number of imide groups is 2. The van der Waals surface area contributed by atoms with Gasteiger partial charge in [0.05, 0.1) is 35.3 Å². The van der Waals surface area contributed by atoms with E-state index in [1.54, 1.807) is 36.4 Å². The maximum Gasteiger partial charge on any atom is 0.305 e. The number of allylic oxidation sites excluding steroid dienone is 2. The topological polar surface area (TPSA) is 132 Å². The number of carbonyl (C=O) groups is 5. The molecule has 8 rings (SSSR count). The first-order valence-electron chi connectivity index (χ1n) is 16.3. The van der Waals surface area contributed by atoms with Gasteiger partial charge in [-0.3, -0.25) is 28.9 Å². The number of carboxylic acids is 1. The third kappa shape index (κ3) is 4.41. The number of phenolic OH excluding ortho intramolecular Hbond substituents is 1. The van der Waals surface area contributed by atoms with Gasteiger partial charge < -0.3 is 10.2 Å². The molecule has 0 aromatic heterocycles. The molecule has 2 aliphatic carbocycles. The number of hydrogen-bond donors (Lipinski definition) is 2. The molecular weight excluding hydrogens is 644 g/mol. The molecule has 246 valence electrons. The highest BCUT2D eigenvalue weighted by molar-refractivity contribution is 6.32. The SMILES string of the molecule is O=C(O)CCN1C(=O)C2CC=C3C(CC4C(=O)N(c5cccc(Cl)c5)C(=O)C4(c4ccccc4)C3c3c(O)ccc4ccccc34)C2C1=O. The minimum Gasteiger partial charge on any atom is -0.508 e. The van der Waals surface area contributed by atoms with E-state index in [-0.39, 0.29) is 31.6 Å². The van der Waals surface area contributed by atoms with Crippen molar-refractivity contribution in [2.75, 3.05) is 11.4 Å². The maximum atomic E-state index is 15.4. The van der Waals surface area contributed by atoms with Crippen LogP contribution in [0.15, 0.2) is 103 Å². The number of aliphatic carboxylic acids is 1. The lowest BCUT2D eigenvalue weighted by atomic mass is 9.48. The van der Waals surface area contributed by atoms with Crippen molar-refractivity contribution in [2.24, 2.45) is 23.7 Å². The molecule has 1 saturated carbocycles. The van der Waals surface area contributed by atoms with Gasteiger partial charge in [-0.25, -0.2) is 4.90 Å². The summed E-state index contributed by atoms with van der Waals surface area (Å²) in [7, 11) is 0. The predicted octanol–water partition coefficient (Wildman–Crippen LogP) is 5.84. The second-order valence-electron chi connectivity index (χ2n) is 13.3. The molecule has 2 saturated heterocycles. The number of phenols is 1. The van der Waals surface area contributed by atoms with Gasteiger partial charge in [0.25, 0.3) is 0 Å². The van der Waals surface area contributed by atoms with E-state index in [1.807, 2.05) is 60.7 Å². The van der Waals surface area contributed by atoms with E-state index in [2.05, 4.69) is 0 Å². The van der Waals surface area contributed by atoms with Crippen molar-refractivity contribution in [1.82, 2.24) is 4.90 Å². The molecular formula is C39H31ClN2O7. The summed E-state index contributed by atoms with van der Waals surface area (Å²) in [6.45, 7) is -0.243. The van der Waals surface area contributed by atoms with Gasteiger partial charge in [0.15, 0.2) is 0 Å². The van der Waals surface area contributed by atoms with Crippen molar-refractivity contribution in [3.8, 4) is 5.75 Å². The molecule has 0 spiro atoms. The number of carboxylic acid groups (broad SMARTS) is 1. The van der Waals surface area contributed by atoms with Gasteiger partial charge in [0.1, 0.15) is 5.75 Å². The Kier molecular flexibility index (Phi) is 7.22. The number of amides is 4. The van der Waals surface area contributed by atoms with E-state index < -0.39 is 64.6 Å². The molecule has 4 amide bonds. The fourth-order valence-corrected chi connectivity index (χ4v) is 9.32. The maximum absolute atomic E-state index is 15.4. The number of aromatic hydroxyl groups is 1. The highest BCUT2D eigenvalue weighted by Crippen LogP contribution is 2.65. The minimum atomic E-state index is -1.54. The number of halogens is 1. The Morgan fingerprint density at radius 3 is 2.37 bits per heavy atom. The number of hydrogen-bond acceptors (Lipinski definition) is 6. The summed E-state index contributed by atoms with van der Waals surface area (Å²) in [4.78, 5) is 71.7. The molecule has 4 aromatic rings. The first kappa shape index (κ1) is 31.0. The van der Waals surface area contributed by atoms with Crippen molar-refractivity contribution >= 4 is 57.7 Å². The number of anilines is 1. The van der Waals surface area contributed by atoms with Gasteiger partial charge in [-0.1, -0.05) is 90.0 Å². The molecule has 6 atom stereocenters. The van der Waals surface area contributed by atoms with Gasteiger partial charge in [-0.2, -0.15) is 0 Å². The van der Waals surface area contributed by atoms with Crippen LogP contribution < -0.4 is 4.90 Å². The zero-order valence-corrected chi connectivity index (χ0v) is 26.9. The molecule has 0 radical (unpaired) electrons. The number of rotatable bonds is 6.